The second-order valence-electron chi connectivity index (χ2n) is 14.0. The van der Waals surface area contributed by atoms with E-state index in [-0.39, 0.29) is 49.9 Å². The Kier molecular flexibility index (Phi) is 8.52. The van der Waals surface area contributed by atoms with Crippen LogP contribution in [-0.4, -0.2) is 75.1 Å². The van der Waals surface area contributed by atoms with Crippen LogP contribution in [-0.2, 0) is 31.3 Å². The van der Waals surface area contributed by atoms with Crippen LogP contribution in [0, 0.1) is 5.92 Å². The SMILES string of the molecule is COc1ccc2c(c1)[C@]1(O[C@@H](CC(=O)N3CCC[C@H]3CO)[C@H]([Si](C)(C)F)[C@H]1C)C(=O)N2Cc1cccc(N2C(=O)COc3ccccc32)c1. The Morgan fingerprint density at radius 1 is 1.08 bits per heavy atom. The molecule has 7 rings (SSSR count). The van der Waals surface area contributed by atoms with Gasteiger partial charge in [-0.2, -0.15) is 0 Å². The number of hydrogen-bond acceptors (Lipinski definition) is 7. The van der Waals surface area contributed by atoms with Gasteiger partial charge in [-0.1, -0.05) is 31.2 Å². The molecule has 0 aromatic heterocycles. The first-order chi connectivity index (χ1) is 23.5. The average Bonchev–Trinajstić information content (AvgIpc) is 3.75. The summed E-state index contributed by atoms with van der Waals surface area (Å²) in [5.74, 6) is -0.168. The van der Waals surface area contributed by atoms with Gasteiger partial charge < -0.3 is 33.2 Å². The quantitative estimate of drug-likeness (QED) is 0.248. The standard InChI is InChI=1S/C37H42FN3O7Si/c1-23-35(49(3,4)38)32(19-33(43)39-16-8-11-26(39)21-42)48-37(23)28-18-27(46-2)14-15-29(28)40(36(37)45)20-24-9-7-10-25(17-24)41-30-12-5-6-13-31(30)47-22-34(41)44/h5-7,9-10,12-15,17-18,23,26,32,35,42H,8,11,16,19-22H2,1-4H3/t23-,26+,32+,35-,37+/m1/s1. The fraction of sp³-hybridized carbons (Fsp3) is 0.432. The Morgan fingerprint density at radius 2 is 1.88 bits per heavy atom. The maximum Gasteiger partial charge on any atom is 0.269 e. The van der Waals surface area contributed by atoms with E-state index < -0.39 is 31.6 Å². The Morgan fingerprint density at radius 3 is 2.63 bits per heavy atom. The van der Waals surface area contributed by atoms with E-state index in [1.54, 1.807) is 47.0 Å². The molecule has 10 nitrogen and oxygen atoms in total. The summed E-state index contributed by atoms with van der Waals surface area (Å²) in [6.07, 6.45) is 0.614. The Hall–Kier alpha value is -4.26. The van der Waals surface area contributed by atoms with E-state index in [4.69, 9.17) is 14.2 Å². The zero-order valence-electron chi connectivity index (χ0n) is 28.2. The summed E-state index contributed by atoms with van der Waals surface area (Å²) in [7, 11) is -1.95. The number of benzene rings is 3. The van der Waals surface area contributed by atoms with Gasteiger partial charge >= 0.3 is 0 Å². The summed E-state index contributed by atoms with van der Waals surface area (Å²) in [5.41, 5.74) is 1.09. The molecule has 3 aromatic rings. The number of carbonyl (C=O) groups is 3. The summed E-state index contributed by atoms with van der Waals surface area (Å²) in [4.78, 5) is 46.6. The van der Waals surface area contributed by atoms with Gasteiger partial charge in [0.25, 0.3) is 11.8 Å². The first-order valence-electron chi connectivity index (χ1n) is 16.9. The molecule has 49 heavy (non-hydrogen) atoms. The van der Waals surface area contributed by atoms with Gasteiger partial charge in [0.15, 0.2) is 12.2 Å². The number of carbonyl (C=O) groups excluding carboxylic acids is 3. The molecule has 4 heterocycles. The van der Waals surface area contributed by atoms with Crippen molar-refractivity contribution in [3.8, 4) is 11.5 Å². The van der Waals surface area contributed by atoms with Gasteiger partial charge in [0.1, 0.15) is 11.5 Å². The highest BCUT2D eigenvalue weighted by molar-refractivity contribution is 6.72. The van der Waals surface area contributed by atoms with Crippen LogP contribution in [0.5, 0.6) is 11.5 Å². The molecule has 0 unspecified atom stereocenters. The first-order valence-corrected chi connectivity index (χ1v) is 19.8. The maximum absolute atomic E-state index is 16.4. The number of nitrogens with zero attached hydrogens (tertiary/aromatic N) is 3. The normalized spacial score (nSPS) is 26.3. The van der Waals surface area contributed by atoms with Crippen LogP contribution < -0.4 is 19.3 Å². The third kappa shape index (κ3) is 5.50. The number of aliphatic hydroxyl groups is 1. The molecule has 5 atom stereocenters. The molecule has 12 heteroatoms. The van der Waals surface area contributed by atoms with Gasteiger partial charge in [0, 0.05) is 29.3 Å². The molecular weight excluding hydrogens is 646 g/mol. The number of halogens is 1. The number of amides is 3. The minimum absolute atomic E-state index is 0.0721. The lowest BCUT2D eigenvalue weighted by molar-refractivity contribution is -0.150. The van der Waals surface area contributed by atoms with Crippen LogP contribution in [0.1, 0.15) is 37.3 Å². The van der Waals surface area contributed by atoms with E-state index >= 15 is 4.11 Å². The molecule has 4 aliphatic rings. The van der Waals surface area contributed by atoms with Crippen molar-refractivity contribution < 1.29 is 37.8 Å². The molecule has 0 aliphatic carbocycles. The molecule has 0 radical (unpaired) electrons. The average molecular weight is 688 g/mol. The van der Waals surface area contributed by atoms with Gasteiger partial charge in [-0.25, -0.2) is 0 Å². The van der Waals surface area contributed by atoms with Crippen molar-refractivity contribution in [3.63, 3.8) is 0 Å². The molecule has 1 N–H and O–H groups in total. The summed E-state index contributed by atoms with van der Waals surface area (Å²) < 4.78 is 34.4. The number of para-hydroxylation sites is 2. The molecule has 2 saturated heterocycles. The Labute approximate surface area is 286 Å². The lowest BCUT2D eigenvalue weighted by atomic mass is 9.82. The van der Waals surface area contributed by atoms with Crippen LogP contribution in [0.15, 0.2) is 66.7 Å². The molecule has 2 fully saturated rings. The predicted octanol–water partition coefficient (Wildman–Crippen LogP) is 5.45. The lowest BCUT2D eigenvalue weighted by Gasteiger charge is -2.31. The topological polar surface area (TPSA) is 109 Å². The van der Waals surface area contributed by atoms with Crippen molar-refractivity contribution >= 4 is 43.2 Å². The molecule has 258 valence electrons. The van der Waals surface area contributed by atoms with E-state index in [1.165, 1.54) is 0 Å². The van der Waals surface area contributed by atoms with E-state index in [1.807, 2.05) is 61.5 Å². The molecule has 0 saturated carbocycles. The second-order valence-corrected chi connectivity index (χ2v) is 17.8. The minimum atomic E-state index is -3.50. The van der Waals surface area contributed by atoms with E-state index in [2.05, 4.69) is 0 Å². The van der Waals surface area contributed by atoms with Gasteiger partial charge in [0.05, 0.1) is 50.2 Å². The molecule has 3 aromatic carbocycles. The van der Waals surface area contributed by atoms with E-state index in [0.717, 1.165) is 18.4 Å². The Bertz CT molecular complexity index is 1800. The summed E-state index contributed by atoms with van der Waals surface area (Å²) in [5, 5.41) is 9.86. The van der Waals surface area contributed by atoms with Gasteiger partial charge in [0.2, 0.25) is 14.3 Å². The van der Waals surface area contributed by atoms with Crippen LogP contribution >= 0.6 is 0 Å². The fourth-order valence-electron chi connectivity index (χ4n) is 8.52. The number of likely N-dealkylation sites (tertiary alicyclic amines) is 1. The number of aliphatic hydroxyl groups excluding tert-OH is 1. The van der Waals surface area contributed by atoms with Crippen molar-refractivity contribution in [1.29, 1.82) is 0 Å². The summed E-state index contributed by atoms with van der Waals surface area (Å²) >= 11 is 0. The van der Waals surface area contributed by atoms with Crippen LogP contribution in [0.4, 0.5) is 21.2 Å². The van der Waals surface area contributed by atoms with Crippen molar-refractivity contribution in [2.24, 2.45) is 5.92 Å². The largest absolute Gasteiger partial charge is 0.497 e. The minimum Gasteiger partial charge on any atom is -0.497 e. The van der Waals surface area contributed by atoms with Crippen molar-refractivity contribution in [2.45, 2.75) is 69.1 Å². The van der Waals surface area contributed by atoms with Crippen LogP contribution in [0.2, 0.25) is 18.6 Å². The van der Waals surface area contributed by atoms with Crippen molar-refractivity contribution in [3.05, 3.63) is 77.9 Å². The number of hydrogen-bond donors (Lipinski definition) is 1. The van der Waals surface area contributed by atoms with Crippen LogP contribution in [0.3, 0.4) is 0 Å². The number of methoxy groups -OCH3 is 1. The number of ether oxygens (including phenoxy) is 3. The Balaban J connectivity index is 1.25. The lowest BCUT2D eigenvalue weighted by Crippen LogP contribution is -2.45. The summed E-state index contributed by atoms with van der Waals surface area (Å²) in [6, 6.07) is 20.0. The zero-order chi connectivity index (χ0) is 34.7. The molecular formula is C37H42FN3O7Si. The van der Waals surface area contributed by atoms with E-state index in [0.29, 0.717) is 40.7 Å². The monoisotopic (exact) mass is 687 g/mol. The van der Waals surface area contributed by atoms with Crippen molar-refractivity contribution in [1.82, 2.24) is 4.90 Å². The molecule has 4 aliphatic heterocycles. The predicted molar refractivity (Wildman–Crippen MR) is 184 cm³/mol. The van der Waals surface area contributed by atoms with Crippen LogP contribution in [0.25, 0.3) is 0 Å². The number of anilines is 3. The maximum atomic E-state index is 16.4. The van der Waals surface area contributed by atoms with Gasteiger partial charge in [-0.15, -0.1) is 0 Å². The van der Waals surface area contributed by atoms with E-state index in [9.17, 15) is 19.5 Å². The zero-order valence-corrected chi connectivity index (χ0v) is 29.2. The third-order valence-electron chi connectivity index (χ3n) is 10.7. The third-order valence-corrected chi connectivity index (χ3v) is 13.1. The molecule has 0 bridgehead atoms. The highest BCUT2D eigenvalue weighted by atomic mass is 28.4. The summed E-state index contributed by atoms with van der Waals surface area (Å²) in [6.45, 7) is 5.57. The highest BCUT2D eigenvalue weighted by Crippen LogP contribution is 2.61. The smallest absolute Gasteiger partial charge is 0.269 e. The first kappa shape index (κ1) is 33.2. The number of fused-ring (bicyclic) bond motifs is 3. The van der Waals surface area contributed by atoms with Crippen molar-refractivity contribution in [2.75, 3.05) is 36.7 Å². The molecule has 1 spiro atoms. The fourth-order valence-corrected chi connectivity index (χ4v) is 11.0. The highest BCUT2D eigenvalue weighted by Gasteiger charge is 2.67. The number of rotatable bonds is 8. The molecule has 3 amide bonds. The van der Waals surface area contributed by atoms with Gasteiger partial charge in [-0.05, 0) is 74.0 Å². The second kappa shape index (κ2) is 12.6. The van der Waals surface area contributed by atoms with Gasteiger partial charge in [-0.3, -0.25) is 19.3 Å².